The number of alkyl halides is 4. The van der Waals surface area contributed by atoms with Crippen molar-refractivity contribution in [1.29, 1.82) is 1.34 Å². The number of halogens is 6. The number of benzene rings is 3. The van der Waals surface area contributed by atoms with Crippen molar-refractivity contribution in [2.45, 2.75) is 232 Å². The van der Waals surface area contributed by atoms with Crippen LogP contribution in [0.2, 0.25) is 6.82 Å². The van der Waals surface area contributed by atoms with Crippen molar-refractivity contribution in [1.82, 2.24) is 0 Å². The van der Waals surface area contributed by atoms with Crippen LogP contribution in [0.3, 0.4) is 0 Å². The van der Waals surface area contributed by atoms with E-state index in [4.69, 9.17) is 102 Å². The summed E-state index contributed by atoms with van der Waals surface area (Å²) in [5.74, 6) is -1.16. The molecule has 0 aromatic heterocycles. The molecule has 3 aromatic rings. The minimum atomic E-state index is -4.64. The first-order valence-electron chi connectivity index (χ1n) is 37.1. The van der Waals surface area contributed by atoms with E-state index in [0.717, 1.165) is 63.1 Å². The minimum Gasteiger partial charge on any atom is -0.459 e. The molecular formula is C81H145B3BrClF4O25S. The largest absolute Gasteiger partial charge is 0.459 e. The smallest absolute Gasteiger partial charge is 0.446 e. The van der Waals surface area contributed by atoms with Gasteiger partial charge in [0.1, 0.15) is 54.2 Å². The topological polar surface area (TPSA) is 315 Å². The van der Waals surface area contributed by atoms with E-state index in [1.807, 2.05) is 151 Å². The first-order chi connectivity index (χ1) is 53.6. The molecule has 0 saturated carbocycles. The second kappa shape index (κ2) is 90.8. The number of aliphatic hydroxyl groups is 2. The number of aryl methyl sites for hydroxylation is 1. The predicted molar refractivity (Wildman–Crippen MR) is 457 cm³/mol. The highest BCUT2D eigenvalue weighted by Gasteiger charge is 2.25. The monoisotopic (exact) mass is 1770 g/mol. The molecule has 0 amide bonds. The molecule has 6 radical (unpaired) electrons. The number of rotatable bonds is 45. The van der Waals surface area contributed by atoms with Gasteiger partial charge in [0.05, 0.1) is 65.6 Å². The molecule has 0 atom stereocenters. The molecule has 35 heteroatoms. The van der Waals surface area contributed by atoms with Gasteiger partial charge in [-0.2, -0.15) is 13.2 Å². The summed E-state index contributed by atoms with van der Waals surface area (Å²) in [7, 11) is 12.8. The predicted octanol–water partition coefficient (Wildman–Crippen LogP) is 14.8. The lowest BCUT2D eigenvalue weighted by atomic mass is 10.2. The normalized spacial score (nSPS) is 10.5. The van der Waals surface area contributed by atoms with Crippen LogP contribution in [0.4, 0.5) is 17.5 Å². The van der Waals surface area contributed by atoms with Crippen LogP contribution in [0.25, 0.3) is 0 Å². The van der Waals surface area contributed by atoms with Gasteiger partial charge in [0, 0.05) is 98.3 Å². The summed E-state index contributed by atoms with van der Waals surface area (Å²) in [6.45, 7) is 42.1. The Kier molecular flexibility index (Phi) is 103. The van der Waals surface area contributed by atoms with Crippen LogP contribution in [0.1, 0.15) is 188 Å². The van der Waals surface area contributed by atoms with Crippen LogP contribution in [0, 0.1) is 6.92 Å². The summed E-state index contributed by atoms with van der Waals surface area (Å²) in [5, 5.41) is 17.2. The molecule has 2 N–H and O–H groups in total. The number of ether oxygens (including phenoxy) is 15. The fraction of sp³-hybridized carbons (Fsp3) is 0.704. The molecular weight excluding hydrogens is 1630 g/mol. The van der Waals surface area contributed by atoms with Gasteiger partial charge in [0.15, 0.2) is 5.78 Å². The number of hydrogen-bond acceptors (Lipinski definition) is 25. The van der Waals surface area contributed by atoms with E-state index in [2.05, 4.69) is 54.1 Å². The third-order valence-corrected chi connectivity index (χ3v) is 12.7. The molecule has 3 rings (SSSR count). The Balaban J connectivity index is -0.000000123. The number of carbonyl (C=O) groups excluding carboxylic acids is 6. The van der Waals surface area contributed by atoms with Gasteiger partial charge in [-0.3, -0.25) is 14.4 Å². The van der Waals surface area contributed by atoms with Gasteiger partial charge in [-0.1, -0.05) is 137 Å². The molecule has 676 valence electrons. The Morgan fingerprint density at radius 1 is 0.448 bits per heavy atom. The average Bonchev–Trinajstić information content (AvgIpc) is 0.866. The molecule has 0 bridgehead atoms. The summed E-state index contributed by atoms with van der Waals surface area (Å²) in [6, 6.07) is 26.5. The second-order valence-corrected chi connectivity index (χ2v) is 29.8. The van der Waals surface area contributed by atoms with Gasteiger partial charge in [-0.25, -0.2) is 22.8 Å². The Morgan fingerprint density at radius 2 is 0.716 bits per heavy atom. The molecule has 0 saturated heterocycles. The molecule has 0 heterocycles. The Bertz CT molecular complexity index is 2710. The van der Waals surface area contributed by atoms with E-state index >= 15 is 0 Å². The maximum Gasteiger partial charge on any atom is 0.446 e. The Morgan fingerprint density at radius 3 is 0.966 bits per heavy atom. The van der Waals surface area contributed by atoms with Crippen molar-refractivity contribution in [3.05, 3.63) is 102 Å². The number of Topliss-reactive ketones (excluding diaryl/α,β-unsaturated/α-hetero) is 1. The summed E-state index contributed by atoms with van der Waals surface area (Å²) >= 11 is 2.99. The summed E-state index contributed by atoms with van der Waals surface area (Å²) < 4.78 is 145. The van der Waals surface area contributed by atoms with Crippen molar-refractivity contribution in [3.8, 4) is 0 Å². The highest BCUT2D eigenvalue weighted by molar-refractivity contribution is 9.09. The van der Waals surface area contributed by atoms with Gasteiger partial charge < -0.3 is 85.6 Å². The number of aldehydes is 1. The molecule has 0 aliphatic rings. The standard InChI is InChI=1S/C18H28O5.C12H24O4.C12H18O3.C11H22O5.C9H18O3.C7H7ClO2S.C6H11BrO2.C2HF3O.CH3B.3CH4.BF.BH/c1-18(2,3)23-17(19)15-21-11-7-10-20-12-13-22-14-16-8-5-4-6-9-16;1-5-7-14-8-6-9-15-10-11(13)16-12(2,3)4;13-7-4-8-14-9-10-15-11-12-5-2-1-3-6-12;1-11(2,3)16-10(13)9-15-7-4-6-14-8-5-12;1-3-5-11-6-4-7-12-8-9(2)10;1-6-2-4-7(5-3-6)11(8,9)10;1-6(2,3)9-5(8)4-7;3-2(4,5)1-6;1-2;;;;1-2;/h4-6,8-9H,7,10-15H2,1-3H3;5-10H2,1-4H3;1-3,5-6,13H,4,7-11H2;12H,4-9H2,1-3H3;3-8H2,1-2H3;2-5H,1H3;4H2,1-3H3;1H;1H3;3*1H4;;1H/i;;;;;;;;;;;;;1D. The van der Waals surface area contributed by atoms with E-state index in [1.54, 1.807) is 12.1 Å². The van der Waals surface area contributed by atoms with E-state index in [0.29, 0.717) is 112 Å². The number of aliphatic hydroxyl groups excluding tert-OH is 2. The van der Waals surface area contributed by atoms with E-state index < -0.39 is 38.3 Å². The summed E-state index contributed by atoms with van der Waals surface area (Å²) in [6.07, 6.45) is 0.180. The maximum absolute atomic E-state index is 11.4. The SMILES string of the molecule is C.C.C.CC(C)(C)OC(=O)CBr.CC(C)(C)OC(=O)COCCCOCCO.CC(C)(C)OC(=O)COCCCOCCOCc1ccccc1.CCCOCCCOCC(=O)OC(C)(C)C.CCCOCCCOCC(C)=O.Cc1ccc(S(=O)(=O)Cl)cc1.O=CC(F)(F)F.OCCCOCCOCc1ccccc1.[2H][B].[B]C.[B]F. The van der Waals surface area contributed by atoms with Crippen LogP contribution in [0.5, 0.6) is 0 Å². The number of esters is 4. The minimum absolute atomic E-state index is 0. The second-order valence-electron chi connectivity index (χ2n) is 26.7. The van der Waals surface area contributed by atoms with Crippen LogP contribution in [-0.4, -0.2) is 260 Å². The van der Waals surface area contributed by atoms with Gasteiger partial charge in [-0.05, 0) is 166 Å². The Hall–Kier alpha value is -5.01. The first kappa shape index (κ1) is 132. The van der Waals surface area contributed by atoms with Crippen molar-refractivity contribution < 1.29 is 136 Å². The molecule has 25 nitrogen and oxygen atoms in total. The zero-order valence-corrected chi connectivity index (χ0v) is 73.1. The van der Waals surface area contributed by atoms with Gasteiger partial charge in [0.2, 0.25) is 6.29 Å². The molecule has 0 unspecified atom stereocenters. The quantitative estimate of drug-likeness (QED) is 0.00776. The lowest BCUT2D eigenvalue weighted by Crippen LogP contribution is -2.26. The van der Waals surface area contributed by atoms with Crippen LogP contribution in [0.15, 0.2) is 89.8 Å². The van der Waals surface area contributed by atoms with E-state index in [9.17, 15) is 45.6 Å². The van der Waals surface area contributed by atoms with Gasteiger partial charge >= 0.3 is 38.2 Å². The van der Waals surface area contributed by atoms with E-state index in [1.165, 1.54) is 31.4 Å². The van der Waals surface area contributed by atoms with Crippen LogP contribution >= 0.6 is 26.6 Å². The average molecular weight is 1780 g/mol. The highest BCUT2D eigenvalue weighted by atomic mass is 79.9. The zero-order chi connectivity index (χ0) is 89.0. The molecule has 0 aliphatic heterocycles. The zero-order valence-electron chi connectivity index (χ0n) is 71.0. The van der Waals surface area contributed by atoms with Crippen molar-refractivity contribution >= 4 is 96.0 Å². The van der Waals surface area contributed by atoms with Crippen molar-refractivity contribution in [2.75, 3.05) is 151 Å². The summed E-state index contributed by atoms with van der Waals surface area (Å²) in [5.41, 5.74) is 1.61. The summed E-state index contributed by atoms with van der Waals surface area (Å²) in [4.78, 5) is 63.6. The third kappa shape index (κ3) is 125. The fourth-order valence-corrected chi connectivity index (χ4v) is 7.60. The lowest BCUT2D eigenvalue weighted by Gasteiger charge is -2.19. The molecule has 0 fully saturated rings. The first-order valence-corrected chi connectivity index (χ1v) is 39.9. The van der Waals surface area contributed by atoms with Crippen LogP contribution < -0.4 is 0 Å². The van der Waals surface area contributed by atoms with Crippen LogP contribution in [-0.2, 0) is 122 Å². The number of ketones is 1. The van der Waals surface area contributed by atoms with Gasteiger partial charge in [-0.15, -0.1) is 0 Å². The van der Waals surface area contributed by atoms with Crippen molar-refractivity contribution in [3.63, 3.8) is 0 Å². The fourth-order valence-electron chi connectivity index (χ4n) is 6.71. The number of hydrogen-bond donors (Lipinski definition) is 2. The molecule has 0 aliphatic carbocycles. The molecule has 116 heavy (non-hydrogen) atoms. The van der Waals surface area contributed by atoms with Crippen molar-refractivity contribution in [2.24, 2.45) is 0 Å². The molecule has 3 aromatic carbocycles. The maximum atomic E-state index is 11.4. The number of carbonyl (C=O) groups is 6. The lowest BCUT2D eigenvalue weighted by molar-refractivity contribution is -0.161. The highest BCUT2D eigenvalue weighted by Crippen LogP contribution is 2.15. The third-order valence-electron chi connectivity index (χ3n) is 10.8. The molecule has 0 spiro atoms. The van der Waals surface area contributed by atoms with E-state index in [-0.39, 0.29) is 107 Å². The van der Waals surface area contributed by atoms with Gasteiger partial charge in [0.25, 0.3) is 9.05 Å². The Labute approximate surface area is 713 Å².